The molecule has 0 aliphatic rings. The van der Waals surface area contributed by atoms with Gasteiger partial charge in [0, 0.05) is 12.5 Å². The van der Waals surface area contributed by atoms with E-state index < -0.39 is 0 Å². The highest BCUT2D eigenvalue weighted by atomic mass is 16.1. The van der Waals surface area contributed by atoms with E-state index in [1.807, 2.05) is 32.9 Å². The molecular formula is C15H24N2O. The van der Waals surface area contributed by atoms with E-state index in [-0.39, 0.29) is 18.0 Å². The predicted molar refractivity (Wildman–Crippen MR) is 75.2 cm³/mol. The minimum Gasteiger partial charge on any atom is -0.350 e. The Balaban J connectivity index is 2.51. The zero-order chi connectivity index (χ0) is 13.7. The highest BCUT2D eigenvalue weighted by Gasteiger charge is 2.15. The molecular weight excluding hydrogens is 224 g/mol. The predicted octanol–water partition coefficient (Wildman–Crippen LogP) is 2.55. The van der Waals surface area contributed by atoms with Crippen molar-refractivity contribution in [2.75, 3.05) is 0 Å². The summed E-state index contributed by atoms with van der Waals surface area (Å²) in [6.45, 7) is 8.10. The summed E-state index contributed by atoms with van der Waals surface area (Å²) in [6.07, 6.45) is 0.383. The Morgan fingerprint density at radius 2 is 1.78 bits per heavy atom. The number of benzene rings is 1. The van der Waals surface area contributed by atoms with E-state index in [2.05, 4.69) is 24.4 Å². The summed E-state index contributed by atoms with van der Waals surface area (Å²) < 4.78 is 0. The van der Waals surface area contributed by atoms with Gasteiger partial charge in [0.25, 0.3) is 0 Å². The lowest BCUT2D eigenvalue weighted by Crippen LogP contribution is -2.35. The van der Waals surface area contributed by atoms with E-state index in [1.165, 1.54) is 5.56 Å². The van der Waals surface area contributed by atoms with Crippen LogP contribution < -0.4 is 11.1 Å². The average Bonchev–Trinajstić information content (AvgIpc) is 2.29. The Labute approximate surface area is 110 Å². The molecule has 1 aromatic carbocycles. The molecule has 2 unspecified atom stereocenters. The lowest BCUT2D eigenvalue weighted by molar-refractivity contribution is -0.122. The van der Waals surface area contributed by atoms with Crippen LogP contribution in [0.25, 0.3) is 0 Å². The summed E-state index contributed by atoms with van der Waals surface area (Å²) in [5.74, 6) is 0.342. The van der Waals surface area contributed by atoms with Gasteiger partial charge in [-0.05, 0) is 25.3 Å². The molecule has 0 spiro atoms. The van der Waals surface area contributed by atoms with Crippen LogP contribution in [0.1, 0.15) is 44.4 Å². The minimum atomic E-state index is -0.0739. The van der Waals surface area contributed by atoms with Crippen LogP contribution >= 0.6 is 0 Å². The second-order valence-corrected chi connectivity index (χ2v) is 5.31. The van der Waals surface area contributed by atoms with Crippen LogP contribution in [-0.2, 0) is 4.79 Å². The number of nitrogens with one attached hydrogen (secondary N) is 1. The fourth-order valence-electron chi connectivity index (χ4n) is 1.69. The molecule has 2 atom stereocenters. The van der Waals surface area contributed by atoms with Crippen LogP contribution in [0.3, 0.4) is 0 Å². The van der Waals surface area contributed by atoms with Gasteiger partial charge < -0.3 is 11.1 Å². The molecule has 0 saturated carbocycles. The van der Waals surface area contributed by atoms with E-state index in [0.717, 1.165) is 5.56 Å². The molecule has 0 aliphatic carbocycles. The Hall–Kier alpha value is -1.35. The fraction of sp³-hybridized carbons (Fsp3) is 0.533. The van der Waals surface area contributed by atoms with Crippen molar-refractivity contribution >= 4 is 5.91 Å². The highest BCUT2D eigenvalue weighted by molar-refractivity contribution is 5.77. The molecule has 0 saturated heterocycles. The van der Waals surface area contributed by atoms with Gasteiger partial charge in [-0.25, -0.2) is 0 Å². The largest absolute Gasteiger partial charge is 0.350 e. The van der Waals surface area contributed by atoms with Crippen molar-refractivity contribution in [3.63, 3.8) is 0 Å². The smallest absolute Gasteiger partial charge is 0.222 e. The van der Waals surface area contributed by atoms with Crippen molar-refractivity contribution in [3.05, 3.63) is 35.4 Å². The number of carbonyl (C=O) groups is 1. The number of amides is 1. The first-order valence-electron chi connectivity index (χ1n) is 6.51. The molecule has 3 N–H and O–H groups in total. The molecule has 1 aromatic rings. The Kier molecular flexibility index (Phi) is 5.35. The SMILES string of the molecule is Cc1ccc(C(C)NC(=O)CC(N)C(C)C)cc1. The second kappa shape index (κ2) is 6.55. The summed E-state index contributed by atoms with van der Waals surface area (Å²) in [4.78, 5) is 11.8. The van der Waals surface area contributed by atoms with E-state index in [4.69, 9.17) is 5.73 Å². The maximum absolute atomic E-state index is 11.8. The molecule has 1 amide bonds. The fourth-order valence-corrected chi connectivity index (χ4v) is 1.69. The van der Waals surface area contributed by atoms with Crippen molar-refractivity contribution in [2.45, 2.75) is 46.2 Å². The Bertz CT molecular complexity index is 384. The summed E-state index contributed by atoms with van der Waals surface area (Å²) in [5.41, 5.74) is 8.23. The van der Waals surface area contributed by atoms with Crippen molar-refractivity contribution < 1.29 is 4.79 Å². The van der Waals surface area contributed by atoms with E-state index in [9.17, 15) is 4.79 Å². The third-order valence-corrected chi connectivity index (χ3v) is 3.23. The molecule has 0 aromatic heterocycles. The molecule has 0 bridgehead atoms. The van der Waals surface area contributed by atoms with Gasteiger partial charge in [0.1, 0.15) is 0 Å². The lowest BCUT2D eigenvalue weighted by atomic mass is 10.0. The van der Waals surface area contributed by atoms with Crippen molar-refractivity contribution in [3.8, 4) is 0 Å². The molecule has 0 radical (unpaired) electrons. The molecule has 0 heterocycles. The van der Waals surface area contributed by atoms with Crippen molar-refractivity contribution in [1.82, 2.24) is 5.32 Å². The summed E-state index contributed by atoms with van der Waals surface area (Å²) in [7, 11) is 0. The Morgan fingerprint density at radius 1 is 1.22 bits per heavy atom. The van der Waals surface area contributed by atoms with Gasteiger partial charge in [-0.1, -0.05) is 43.7 Å². The maximum atomic E-state index is 11.8. The molecule has 0 fully saturated rings. The quantitative estimate of drug-likeness (QED) is 0.841. The standard InChI is InChI=1S/C15H24N2O/c1-10(2)14(16)9-15(18)17-12(4)13-7-5-11(3)6-8-13/h5-8,10,12,14H,9,16H2,1-4H3,(H,17,18). The van der Waals surface area contributed by atoms with Gasteiger partial charge >= 0.3 is 0 Å². The number of rotatable bonds is 5. The number of carbonyl (C=O) groups excluding carboxylic acids is 1. The third-order valence-electron chi connectivity index (χ3n) is 3.23. The number of aryl methyl sites for hydroxylation is 1. The van der Waals surface area contributed by atoms with Gasteiger partial charge in [-0.2, -0.15) is 0 Å². The summed E-state index contributed by atoms with van der Waals surface area (Å²) in [5, 5.41) is 2.98. The van der Waals surface area contributed by atoms with Gasteiger partial charge in [-0.15, -0.1) is 0 Å². The van der Waals surface area contributed by atoms with Gasteiger partial charge in [0.05, 0.1) is 6.04 Å². The van der Waals surface area contributed by atoms with Crippen LogP contribution in [0, 0.1) is 12.8 Å². The molecule has 18 heavy (non-hydrogen) atoms. The van der Waals surface area contributed by atoms with Crippen LogP contribution in [0.4, 0.5) is 0 Å². The molecule has 100 valence electrons. The normalized spacial score (nSPS) is 14.3. The minimum absolute atomic E-state index is 0.0178. The first-order chi connectivity index (χ1) is 8.40. The lowest BCUT2D eigenvalue weighted by Gasteiger charge is -2.18. The maximum Gasteiger partial charge on any atom is 0.222 e. The van der Waals surface area contributed by atoms with E-state index >= 15 is 0 Å². The van der Waals surface area contributed by atoms with Crippen molar-refractivity contribution in [1.29, 1.82) is 0 Å². The third kappa shape index (κ3) is 4.49. The van der Waals surface area contributed by atoms with Crippen LogP contribution in [0.15, 0.2) is 24.3 Å². The second-order valence-electron chi connectivity index (χ2n) is 5.31. The molecule has 3 heteroatoms. The highest BCUT2D eigenvalue weighted by Crippen LogP contribution is 2.13. The van der Waals surface area contributed by atoms with Gasteiger partial charge in [0.15, 0.2) is 0 Å². The summed E-state index contributed by atoms with van der Waals surface area (Å²) >= 11 is 0. The van der Waals surface area contributed by atoms with E-state index in [1.54, 1.807) is 0 Å². The zero-order valence-electron chi connectivity index (χ0n) is 11.7. The molecule has 0 aliphatic heterocycles. The first kappa shape index (κ1) is 14.7. The number of nitrogens with two attached hydrogens (primary N) is 1. The number of hydrogen-bond donors (Lipinski definition) is 2. The number of hydrogen-bond acceptors (Lipinski definition) is 2. The summed E-state index contributed by atoms with van der Waals surface area (Å²) in [6, 6.07) is 8.15. The van der Waals surface area contributed by atoms with Crippen LogP contribution in [0.2, 0.25) is 0 Å². The van der Waals surface area contributed by atoms with E-state index in [0.29, 0.717) is 12.3 Å². The monoisotopic (exact) mass is 248 g/mol. The van der Waals surface area contributed by atoms with Gasteiger partial charge in [-0.3, -0.25) is 4.79 Å². The van der Waals surface area contributed by atoms with Crippen LogP contribution in [-0.4, -0.2) is 11.9 Å². The van der Waals surface area contributed by atoms with Crippen molar-refractivity contribution in [2.24, 2.45) is 11.7 Å². The topological polar surface area (TPSA) is 55.1 Å². The van der Waals surface area contributed by atoms with Crippen LogP contribution in [0.5, 0.6) is 0 Å². The first-order valence-corrected chi connectivity index (χ1v) is 6.51. The molecule has 3 nitrogen and oxygen atoms in total. The van der Waals surface area contributed by atoms with Gasteiger partial charge in [0.2, 0.25) is 5.91 Å². The average molecular weight is 248 g/mol. The zero-order valence-corrected chi connectivity index (χ0v) is 11.7. The molecule has 1 rings (SSSR count). The Morgan fingerprint density at radius 3 is 2.28 bits per heavy atom.